The van der Waals surface area contributed by atoms with Crippen LogP contribution in [-0.4, -0.2) is 21.0 Å². The fraction of sp³-hybridized carbons (Fsp3) is 0.538. The Morgan fingerprint density at radius 1 is 1.26 bits per heavy atom. The van der Waals surface area contributed by atoms with E-state index in [9.17, 15) is 12.8 Å². The van der Waals surface area contributed by atoms with Gasteiger partial charge in [0.05, 0.1) is 4.90 Å². The highest BCUT2D eigenvalue weighted by molar-refractivity contribution is 7.89. The molecule has 0 bridgehead atoms. The largest absolute Gasteiger partial charge is 0.329 e. The molecule has 1 aliphatic carbocycles. The maximum Gasteiger partial charge on any atom is 0.240 e. The number of nitrogens with one attached hydrogen (secondary N) is 1. The Kier molecular flexibility index (Phi) is 4.54. The molecule has 0 aliphatic heterocycles. The molecule has 0 aromatic heterocycles. The van der Waals surface area contributed by atoms with Gasteiger partial charge in [0.2, 0.25) is 10.0 Å². The Labute approximate surface area is 113 Å². The van der Waals surface area contributed by atoms with Gasteiger partial charge in [-0.1, -0.05) is 12.8 Å². The molecule has 1 saturated carbocycles. The lowest BCUT2D eigenvalue weighted by molar-refractivity contribution is 0.405. The van der Waals surface area contributed by atoms with Gasteiger partial charge in [0.15, 0.2) is 0 Å². The Morgan fingerprint density at radius 2 is 1.84 bits per heavy atom. The summed E-state index contributed by atoms with van der Waals surface area (Å²) in [6, 6.07) is 4.57. The zero-order valence-corrected chi connectivity index (χ0v) is 11.5. The summed E-state index contributed by atoms with van der Waals surface area (Å²) in [6.07, 6.45) is 4.26. The van der Waals surface area contributed by atoms with E-state index in [-0.39, 0.29) is 17.5 Å². The van der Waals surface area contributed by atoms with Crippen LogP contribution in [0.1, 0.15) is 25.7 Å². The first kappa shape index (κ1) is 14.4. The van der Waals surface area contributed by atoms with Gasteiger partial charge < -0.3 is 5.73 Å². The fourth-order valence-corrected chi connectivity index (χ4v) is 3.90. The van der Waals surface area contributed by atoms with Crippen molar-refractivity contribution in [2.45, 2.75) is 36.6 Å². The third kappa shape index (κ3) is 3.52. The standard InChI is InChI=1S/C13H19FN2O2S/c14-11-5-7-12(8-6-11)19(17,18)16-13(9-15)10-3-1-2-4-10/h5-8,10,13,16H,1-4,9,15H2. The highest BCUT2D eigenvalue weighted by Gasteiger charge is 2.28. The third-order valence-electron chi connectivity index (χ3n) is 3.65. The summed E-state index contributed by atoms with van der Waals surface area (Å²) in [5.74, 6) is -0.148. The van der Waals surface area contributed by atoms with Gasteiger partial charge in [-0.25, -0.2) is 17.5 Å². The summed E-state index contributed by atoms with van der Waals surface area (Å²) >= 11 is 0. The van der Waals surface area contributed by atoms with E-state index in [1.165, 1.54) is 12.1 Å². The first-order valence-electron chi connectivity index (χ1n) is 6.51. The Balaban J connectivity index is 2.13. The van der Waals surface area contributed by atoms with Crippen molar-refractivity contribution in [1.82, 2.24) is 4.72 Å². The van der Waals surface area contributed by atoms with E-state index >= 15 is 0 Å². The van der Waals surface area contributed by atoms with Crippen LogP contribution in [0.15, 0.2) is 29.2 Å². The second-order valence-electron chi connectivity index (χ2n) is 4.96. The Hall–Kier alpha value is -0.980. The molecule has 0 heterocycles. The van der Waals surface area contributed by atoms with E-state index in [0.29, 0.717) is 5.92 Å². The zero-order chi connectivity index (χ0) is 13.9. The quantitative estimate of drug-likeness (QED) is 0.864. The van der Waals surface area contributed by atoms with E-state index in [4.69, 9.17) is 5.73 Å². The molecule has 1 aliphatic rings. The predicted molar refractivity (Wildman–Crippen MR) is 71.5 cm³/mol. The van der Waals surface area contributed by atoms with Gasteiger partial charge >= 0.3 is 0 Å². The molecule has 6 heteroatoms. The summed E-state index contributed by atoms with van der Waals surface area (Å²) in [4.78, 5) is 0.0744. The van der Waals surface area contributed by atoms with Crippen LogP contribution in [0.5, 0.6) is 0 Å². The molecular weight excluding hydrogens is 267 g/mol. The molecule has 3 N–H and O–H groups in total. The Bertz CT molecular complexity index is 510. The molecule has 1 unspecified atom stereocenters. The predicted octanol–water partition coefficient (Wildman–Crippen LogP) is 1.62. The van der Waals surface area contributed by atoms with Crippen molar-refractivity contribution in [3.8, 4) is 0 Å². The van der Waals surface area contributed by atoms with Gasteiger partial charge in [-0.3, -0.25) is 0 Å². The SMILES string of the molecule is NCC(NS(=O)(=O)c1ccc(F)cc1)C1CCCC1. The van der Waals surface area contributed by atoms with Crippen LogP contribution in [-0.2, 0) is 10.0 Å². The first-order valence-corrected chi connectivity index (χ1v) is 7.99. The van der Waals surface area contributed by atoms with Crippen LogP contribution in [0.3, 0.4) is 0 Å². The van der Waals surface area contributed by atoms with Crippen molar-refractivity contribution in [2.75, 3.05) is 6.54 Å². The maximum absolute atomic E-state index is 12.8. The van der Waals surface area contributed by atoms with Gasteiger partial charge in [0, 0.05) is 12.6 Å². The molecule has 4 nitrogen and oxygen atoms in total. The number of benzene rings is 1. The summed E-state index contributed by atoms with van der Waals surface area (Å²) in [5, 5.41) is 0. The van der Waals surface area contributed by atoms with Crippen LogP contribution in [0.4, 0.5) is 4.39 Å². The van der Waals surface area contributed by atoms with Gasteiger partial charge in [0.1, 0.15) is 5.82 Å². The molecule has 2 rings (SSSR count). The highest BCUT2D eigenvalue weighted by Crippen LogP contribution is 2.28. The molecule has 0 spiro atoms. The van der Waals surface area contributed by atoms with Gasteiger partial charge in [-0.05, 0) is 43.0 Å². The number of hydrogen-bond acceptors (Lipinski definition) is 3. The van der Waals surface area contributed by atoms with Crippen molar-refractivity contribution >= 4 is 10.0 Å². The number of rotatable bonds is 5. The fourth-order valence-electron chi connectivity index (χ4n) is 2.58. The van der Waals surface area contributed by atoms with Crippen molar-refractivity contribution in [2.24, 2.45) is 11.7 Å². The molecular formula is C13H19FN2O2S. The molecule has 19 heavy (non-hydrogen) atoms. The molecule has 1 aromatic carbocycles. The van der Waals surface area contributed by atoms with Crippen LogP contribution in [0.25, 0.3) is 0 Å². The average molecular weight is 286 g/mol. The second-order valence-corrected chi connectivity index (χ2v) is 6.68. The van der Waals surface area contributed by atoms with Crippen molar-refractivity contribution in [3.05, 3.63) is 30.1 Å². The monoisotopic (exact) mass is 286 g/mol. The Morgan fingerprint density at radius 3 is 2.37 bits per heavy atom. The minimum absolute atomic E-state index is 0.0744. The first-order chi connectivity index (χ1) is 9.03. The van der Waals surface area contributed by atoms with Gasteiger partial charge in [-0.2, -0.15) is 0 Å². The van der Waals surface area contributed by atoms with Crippen molar-refractivity contribution in [3.63, 3.8) is 0 Å². The molecule has 0 radical (unpaired) electrons. The lowest BCUT2D eigenvalue weighted by atomic mass is 9.99. The van der Waals surface area contributed by atoms with Crippen LogP contribution >= 0.6 is 0 Å². The smallest absolute Gasteiger partial charge is 0.240 e. The van der Waals surface area contributed by atoms with Crippen molar-refractivity contribution < 1.29 is 12.8 Å². The number of nitrogens with two attached hydrogens (primary N) is 1. The van der Waals surface area contributed by atoms with Gasteiger partial charge in [0.25, 0.3) is 0 Å². The zero-order valence-electron chi connectivity index (χ0n) is 10.7. The summed E-state index contributed by atoms with van der Waals surface area (Å²) < 4.78 is 39.8. The summed E-state index contributed by atoms with van der Waals surface area (Å²) in [6.45, 7) is 0.283. The lowest BCUT2D eigenvalue weighted by Gasteiger charge is -2.22. The summed E-state index contributed by atoms with van der Waals surface area (Å²) in [7, 11) is -3.62. The van der Waals surface area contributed by atoms with E-state index in [2.05, 4.69) is 4.72 Å². The maximum atomic E-state index is 12.8. The molecule has 106 valence electrons. The van der Waals surface area contributed by atoms with E-state index < -0.39 is 15.8 Å². The van der Waals surface area contributed by atoms with E-state index in [1.54, 1.807) is 0 Å². The molecule has 1 aromatic rings. The summed E-state index contributed by atoms with van der Waals surface area (Å²) in [5.41, 5.74) is 5.68. The topological polar surface area (TPSA) is 72.2 Å². The highest BCUT2D eigenvalue weighted by atomic mass is 32.2. The molecule has 1 atom stereocenters. The third-order valence-corrected chi connectivity index (χ3v) is 5.16. The normalized spacial score (nSPS) is 18.6. The van der Waals surface area contributed by atoms with Crippen LogP contribution < -0.4 is 10.5 Å². The second kappa shape index (κ2) is 5.98. The minimum Gasteiger partial charge on any atom is -0.329 e. The lowest BCUT2D eigenvalue weighted by Crippen LogP contribution is -2.44. The van der Waals surface area contributed by atoms with Crippen LogP contribution in [0, 0.1) is 11.7 Å². The van der Waals surface area contributed by atoms with Crippen LogP contribution in [0.2, 0.25) is 0 Å². The average Bonchev–Trinajstić information content (AvgIpc) is 2.90. The molecule has 1 fully saturated rings. The van der Waals surface area contributed by atoms with Crippen molar-refractivity contribution in [1.29, 1.82) is 0 Å². The number of hydrogen-bond donors (Lipinski definition) is 2. The number of sulfonamides is 1. The number of halogens is 1. The molecule has 0 amide bonds. The van der Waals surface area contributed by atoms with E-state index in [0.717, 1.165) is 37.8 Å². The minimum atomic E-state index is -3.62. The molecule has 0 saturated heterocycles. The van der Waals surface area contributed by atoms with E-state index in [1.807, 2.05) is 0 Å². The van der Waals surface area contributed by atoms with Gasteiger partial charge in [-0.15, -0.1) is 0 Å².